The zero-order valence-corrected chi connectivity index (χ0v) is 12.0. The Morgan fingerprint density at radius 1 is 1.63 bits per heavy atom. The van der Waals surface area contributed by atoms with Gasteiger partial charge in [-0.3, -0.25) is 4.79 Å². The summed E-state index contributed by atoms with van der Waals surface area (Å²) >= 11 is 3.20. The zero-order chi connectivity index (χ0) is 14.0. The molecule has 7 heteroatoms. The maximum Gasteiger partial charge on any atom is 0.339 e. The van der Waals surface area contributed by atoms with Gasteiger partial charge in [-0.15, -0.1) is 0 Å². The van der Waals surface area contributed by atoms with E-state index in [9.17, 15) is 9.59 Å². The van der Waals surface area contributed by atoms with Gasteiger partial charge in [0.15, 0.2) is 0 Å². The third kappa shape index (κ3) is 3.23. The van der Waals surface area contributed by atoms with Crippen LogP contribution in [0.3, 0.4) is 0 Å². The van der Waals surface area contributed by atoms with Gasteiger partial charge in [0.2, 0.25) is 5.91 Å². The lowest BCUT2D eigenvalue weighted by molar-refractivity contribution is -0.132. The first-order valence-electron chi connectivity index (χ1n) is 5.86. The van der Waals surface area contributed by atoms with Crippen LogP contribution in [0.2, 0.25) is 0 Å². The molecule has 0 saturated carbocycles. The second-order valence-electron chi connectivity index (χ2n) is 4.51. The monoisotopic (exact) mass is 327 g/mol. The summed E-state index contributed by atoms with van der Waals surface area (Å²) < 4.78 is 0.617. The Morgan fingerprint density at radius 2 is 2.37 bits per heavy atom. The van der Waals surface area contributed by atoms with Crippen LogP contribution in [0, 0.1) is 0 Å². The molecule has 1 aliphatic rings. The fourth-order valence-electron chi connectivity index (χ4n) is 2.04. The number of aromatic carboxylic acids is 1. The molecule has 1 fully saturated rings. The topological polar surface area (TPSA) is 82.5 Å². The number of nitrogens with one attached hydrogen (secondary N) is 1. The van der Waals surface area contributed by atoms with Crippen LogP contribution in [-0.2, 0) is 4.79 Å². The van der Waals surface area contributed by atoms with Crippen LogP contribution in [0.4, 0.5) is 5.82 Å². The van der Waals surface area contributed by atoms with Crippen LogP contribution in [0.25, 0.3) is 0 Å². The number of likely N-dealkylation sites (N-methyl/N-ethyl adjacent to an activating group) is 1. The van der Waals surface area contributed by atoms with E-state index in [0.717, 1.165) is 0 Å². The third-order valence-corrected chi connectivity index (χ3v) is 3.49. The smallest absolute Gasteiger partial charge is 0.339 e. The summed E-state index contributed by atoms with van der Waals surface area (Å²) in [4.78, 5) is 28.3. The predicted molar refractivity (Wildman–Crippen MR) is 73.2 cm³/mol. The maximum atomic E-state index is 11.4. The Labute approximate surface area is 118 Å². The van der Waals surface area contributed by atoms with Crippen LogP contribution < -0.4 is 5.32 Å². The number of anilines is 1. The number of hydrogen-bond acceptors (Lipinski definition) is 4. The SMILES string of the molecule is CN1CC(Nc2ncc(Br)cc2C(=O)O)CCC1=O. The van der Waals surface area contributed by atoms with Crippen LogP contribution in [-0.4, -0.2) is 46.5 Å². The number of carbonyl (C=O) groups is 2. The molecule has 102 valence electrons. The van der Waals surface area contributed by atoms with Crippen molar-refractivity contribution < 1.29 is 14.7 Å². The van der Waals surface area contributed by atoms with E-state index in [1.807, 2.05) is 0 Å². The van der Waals surface area contributed by atoms with Crippen LogP contribution in [0.15, 0.2) is 16.7 Å². The van der Waals surface area contributed by atoms with Gasteiger partial charge in [-0.2, -0.15) is 0 Å². The molecular weight excluding hydrogens is 314 g/mol. The summed E-state index contributed by atoms with van der Waals surface area (Å²) in [5.41, 5.74) is 0.119. The number of amides is 1. The molecule has 2 heterocycles. The van der Waals surface area contributed by atoms with Crippen molar-refractivity contribution in [2.45, 2.75) is 18.9 Å². The molecule has 1 atom stereocenters. The van der Waals surface area contributed by atoms with E-state index in [1.165, 1.54) is 6.07 Å². The normalized spacial score (nSPS) is 19.4. The van der Waals surface area contributed by atoms with Crippen molar-refractivity contribution in [2.24, 2.45) is 0 Å². The summed E-state index contributed by atoms with van der Waals surface area (Å²) in [5.74, 6) is -0.583. The molecule has 1 aromatic rings. The number of aromatic nitrogens is 1. The van der Waals surface area contributed by atoms with Crippen LogP contribution in [0.1, 0.15) is 23.2 Å². The first kappa shape index (κ1) is 13.8. The zero-order valence-electron chi connectivity index (χ0n) is 10.4. The lowest BCUT2D eigenvalue weighted by atomic mass is 10.1. The fourth-order valence-corrected chi connectivity index (χ4v) is 2.37. The number of halogens is 1. The van der Waals surface area contributed by atoms with Gasteiger partial charge in [0, 0.05) is 36.7 Å². The second-order valence-corrected chi connectivity index (χ2v) is 5.42. The highest BCUT2D eigenvalue weighted by molar-refractivity contribution is 9.10. The van der Waals surface area contributed by atoms with E-state index in [2.05, 4.69) is 26.2 Å². The lowest BCUT2D eigenvalue weighted by Gasteiger charge is -2.30. The summed E-state index contributed by atoms with van der Waals surface area (Å²) in [7, 11) is 1.74. The predicted octanol–water partition coefficient (Wildman–Crippen LogP) is 1.57. The molecule has 2 N–H and O–H groups in total. The molecule has 0 radical (unpaired) electrons. The number of likely N-dealkylation sites (tertiary alicyclic amines) is 1. The van der Waals surface area contributed by atoms with Crippen LogP contribution in [0.5, 0.6) is 0 Å². The molecule has 1 saturated heterocycles. The first-order chi connectivity index (χ1) is 8.97. The Bertz CT molecular complexity index is 521. The van der Waals surface area contributed by atoms with Gasteiger partial charge < -0.3 is 15.3 Å². The van der Waals surface area contributed by atoms with E-state index in [-0.39, 0.29) is 17.5 Å². The lowest BCUT2D eigenvalue weighted by Crippen LogP contribution is -2.43. The van der Waals surface area contributed by atoms with Gasteiger partial charge in [-0.05, 0) is 28.4 Å². The number of hydrogen-bond donors (Lipinski definition) is 2. The number of pyridine rings is 1. The van der Waals surface area contributed by atoms with E-state index < -0.39 is 5.97 Å². The highest BCUT2D eigenvalue weighted by atomic mass is 79.9. The van der Waals surface area contributed by atoms with Crippen molar-refractivity contribution in [3.63, 3.8) is 0 Å². The molecule has 1 aliphatic heterocycles. The molecule has 1 unspecified atom stereocenters. The summed E-state index contributed by atoms with van der Waals surface area (Å²) in [6.45, 7) is 0.551. The molecule has 0 bridgehead atoms. The molecule has 0 aromatic carbocycles. The van der Waals surface area contributed by atoms with Gasteiger partial charge in [-0.25, -0.2) is 9.78 Å². The standard InChI is InChI=1S/C12H14BrN3O3/c1-16-6-8(2-3-10(16)17)15-11-9(12(18)19)4-7(13)5-14-11/h4-5,8H,2-3,6H2,1H3,(H,14,15)(H,18,19). The first-order valence-corrected chi connectivity index (χ1v) is 6.66. The number of carbonyl (C=O) groups excluding carboxylic acids is 1. The summed E-state index contributed by atoms with van der Waals surface area (Å²) in [5, 5.41) is 12.3. The molecular formula is C12H14BrN3O3. The summed E-state index contributed by atoms with van der Waals surface area (Å²) in [6, 6.07) is 1.53. The molecule has 19 heavy (non-hydrogen) atoms. The van der Waals surface area contributed by atoms with Crippen molar-refractivity contribution in [1.29, 1.82) is 0 Å². The molecule has 1 aromatic heterocycles. The number of carboxylic acids is 1. The van der Waals surface area contributed by atoms with Gasteiger partial charge in [-0.1, -0.05) is 0 Å². The molecule has 0 aliphatic carbocycles. The Kier molecular flexibility index (Phi) is 4.04. The van der Waals surface area contributed by atoms with Crippen molar-refractivity contribution in [2.75, 3.05) is 18.9 Å². The third-order valence-electron chi connectivity index (χ3n) is 3.05. The summed E-state index contributed by atoms with van der Waals surface area (Å²) in [6.07, 6.45) is 2.69. The van der Waals surface area contributed by atoms with E-state index in [1.54, 1.807) is 18.1 Å². The van der Waals surface area contributed by atoms with Crippen molar-refractivity contribution in [3.8, 4) is 0 Å². The highest BCUT2D eigenvalue weighted by Crippen LogP contribution is 2.21. The number of nitrogens with zero attached hydrogens (tertiary/aromatic N) is 2. The quantitative estimate of drug-likeness (QED) is 0.880. The molecule has 1 amide bonds. The molecule has 6 nitrogen and oxygen atoms in total. The van der Waals surface area contributed by atoms with Gasteiger partial charge >= 0.3 is 5.97 Å². The average Bonchev–Trinajstić information content (AvgIpc) is 2.36. The minimum atomic E-state index is -1.03. The van der Waals surface area contributed by atoms with E-state index in [0.29, 0.717) is 29.7 Å². The number of carboxylic acid groups (broad SMARTS) is 1. The van der Waals surface area contributed by atoms with Crippen molar-refractivity contribution in [1.82, 2.24) is 9.88 Å². The van der Waals surface area contributed by atoms with Gasteiger partial charge in [0.25, 0.3) is 0 Å². The maximum absolute atomic E-state index is 11.4. The van der Waals surface area contributed by atoms with Gasteiger partial charge in [0.1, 0.15) is 11.4 Å². The molecule has 2 rings (SSSR count). The van der Waals surface area contributed by atoms with Crippen LogP contribution >= 0.6 is 15.9 Å². The average molecular weight is 328 g/mol. The van der Waals surface area contributed by atoms with Crippen molar-refractivity contribution >= 4 is 33.6 Å². The number of rotatable bonds is 3. The Balaban J connectivity index is 2.15. The van der Waals surface area contributed by atoms with E-state index >= 15 is 0 Å². The minimum Gasteiger partial charge on any atom is -0.478 e. The molecule has 0 spiro atoms. The van der Waals surface area contributed by atoms with Crippen molar-refractivity contribution in [3.05, 3.63) is 22.3 Å². The van der Waals surface area contributed by atoms with E-state index in [4.69, 9.17) is 5.11 Å². The Morgan fingerprint density at radius 3 is 3.00 bits per heavy atom. The minimum absolute atomic E-state index is 0.0227. The Hall–Kier alpha value is -1.63. The van der Waals surface area contributed by atoms with Gasteiger partial charge in [0.05, 0.1) is 0 Å². The fraction of sp³-hybridized carbons (Fsp3) is 0.417. The second kappa shape index (κ2) is 5.56. The number of piperidine rings is 1. The highest BCUT2D eigenvalue weighted by Gasteiger charge is 2.24. The largest absolute Gasteiger partial charge is 0.478 e.